The second-order valence-corrected chi connectivity index (χ2v) is 6.19. The maximum absolute atomic E-state index is 5.48. The van der Waals surface area contributed by atoms with E-state index < -0.39 is 0 Å². The lowest BCUT2D eigenvalue weighted by Crippen LogP contribution is -2.01. The quantitative estimate of drug-likeness (QED) is 0.629. The summed E-state index contributed by atoms with van der Waals surface area (Å²) in [5.41, 5.74) is 3.55. The molecule has 0 aliphatic carbocycles. The average molecular weight is 313 g/mol. The van der Waals surface area contributed by atoms with Gasteiger partial charge in [0, 0.05) is 11.9 Å². The fourth-order valence-electron chi connectivity index (χ4n) is 2.23. The molecule has 0 saturated heterocycles. The molecule has 0 N–H and O–H groups in total. The van der Waals surface area contributed by atoms with Gasteiger partial charge < -0.3 is 9.30 Å². The SMILES string of the molecule is COc1ccc(-c2csc(=S)n2Cc2ccccc2)cc1. The summed E-state index contributed by atoms with van der Waals surface area (Å²) in [5.74, 6) is 0.863. The van der Waals surface area contributed by atoms with Crippen molar-refractivity contribution in [3.05, 3.63) is 69.5 Å². The van der Waals surface area contributed by atoms with Gasteiger partial charge in [-0.1, -0.05) is 30.3 Å². The molecular formula is C17H15NOS2. The number of aromatic nitrogens is 1. The van der Waals surface area contributed by atoms with Crippen molar-refractivity contribution in [2.45, 2.75) is 6.54 Å². The zero-order chi connectivity index (χ0) is 14.7. The largest absolute Gasteiger partial charge is 0.497 e. The van der Waals surface area contributed by atoms with Crippen molar-refractivity contribution in [3.8, 4) is 17.0 Å². The van der Waals surface area contributed by atoms with Gasteiger partial charge in [-0.2, -0.15) is 0 Å². The van der Waals surface area contributed by atoms with Gasteiger partial charge >= 0.3 is 0 Å². The molecule has 0 atom stereocenters. The number of rotatable bonds is 4. The first kappa shape index (κ1) is 14.0. The van der Waals surface area contributed by atoms with Crippen LogP contribution >= 0.6 is 23.6 Å². The van der Waals surface area contributed by atoms with E-state index in [0.717, 1.165) is 27.5 Å². The Labute approximate surface area is 133 Å². The van der Waals surface area contributed by atoms with Crippen molar-refractivity contribution in [1.29, 1.82) is 0 Å². The number of hydrogen-bond acceptors (Lipinski definition) is 3. The third-order valence-electron chi connectivity index (χ3n) is 3.35. The molecule has 2 nitrogen and oxygen atoms in total. The Morgan fingerprint density at radius 2 is 1.76 bits per heavy atom. The number of hydrogen-bond donors (Lipinski definition) is 0. The summed E-state index contributed by atoms with van der Waals surface area (Å²) < 4.78 is 8.28. The Kier molecular flexibility index (Phi) is 4.18. The highest BCUT2D eigenvalue weighted by atomic mass is 32.1. The molecule has 2 aromatic carbocycles. The highest BCUT2D eigenvalue weighted by molar-refractivity contribution is 7.73. The summed E-state index contributed by atoms with van der Waals surface area (Å²) in [6.45, 7) is 0.796. The molecule has 0 aliphatic heterocycles. The molecule has 0 amide bonds. The predicted molar refractivity (Wildman–Crippen MR) is 90.7 cm³/mol. The summed E-state index contributed by atoms with van der Waals surface area (Å²) in [7, 11) is 1.68. The van der Waals surface area contributed by atoms with E-state index >= 15 is 0 Å². The van der Waals surface area contributed by atoms with E-state index in [2.05, 4.69) is 46.3 Å². The lowest BCUT2D eigenvalue weighted by atomic mass is 10.1. The van der Waals surface area contributed by atoms with Crippen molar-refractivity contribution in [1.82, 2.24) is 4.57 Å². The first-order valence-corrected chi connectivity index (χ1v) is 7.93. The minimum atomic E-state index is 0.796. The van der Waals surface area contributed by atoms with Gasteiger partial charge in [-0.25, -0.2) is 0 Å². The molecule has 0 radical (unpaired) electrons. The van der Waals surface area contributed by atoms with Crippen LogP contribution in [-0.2, 0) is 6.54 Å². The molecule has 0 spiro atoms. The third kappa shape index (κ3) is 3.06. The minimum Gasteiger partial charge on any atom is -0.497 e. The molecule has 0 unspecified atom stereocenters. The lowest BCUT2D eigenvalue weighted by molar-refractivity contribution is 0.415. The average Bonchev–Trinajstić information content (AvgIpc) is 2.90. The van der Waals surface area contributed by atoms with Crippen molar-refractivity contribution >= 4 is 23.6 Å². The van der Waals surface area contributed by atoms with Crippen LogP contribution in [0.5, 0.6) is 5.75 Å². The summed E-state index contributed by atoms with van der Waals surface area (Å²) >= 11 is 7.08. The van der Waals surface area contributed by atoms with Crippen LogP contribution in [0.2, 0.25) is 0 Å². The van der Waals surface area contributed by atoms with Gasteiger partial charge in [0.1, 0.15) is 5.75 Å². The molecule has 4 heteroatoms. The van der Waals surface area contributed by atoms with E-state index in [0.29, 0.717) is 0 Å². The number of thiazole rings is 1. The van der Waals surface area contributed by atoms with E-state index in [1.807, 2.05) is 18.2 Å². The number of ether oxygens (including phenoxy) is 1. The van der Waals surface area contributed by atoms with Crippen LogP contribution in [0, 0.1) is 3.95 Å². The summed E-state index contributed by atoms with van der Waals surface area (Å²) in [5, 5.41) is 2.12. The van der Waals surface area contributed by atoms with E-state index in [1.165, 1.54) is 5.56 Å². The fraction of sp³-hybridized carbons (Fsp3) is 0.118. The smallest absolute Gasteiger partial charge is 0.161 e. The van der Waals surface area contributed by atoms with Gasteiger partial charge in [0.05, 0.1) is 12.8 Å². The van der Waals surface area contributed by atoms with Gasteiger partial charge in [0.25, 0.3) is 0 Å². The third-order valence-corrected chi connectivity index (χ3v) is 4.62. The van der Waals surface area contributed by atoms with Gasteiger partial charge in [-0.05, 0) is 47.6 Å². The Hall–Kier alpha value is -1.91. The molecule has 0 aliphatic rings. The molecule has 0 fully saturated rings. The summed E-state index contributed by atoms with van der Waals surface area (Å²) in [6.07, 6.45) is 0. The highest BCUT2D eigenvalue weighted by Gasteiger charge is 2.08. The Morgan fingerprint density at radius 3 is 2.43 bits per heavy atom. The van der Waals surface area contributed by atoms with Crippen molar-refractivity contribution in [2.24, 2.45) is 0 Å². The molecule has 3 rings (SSSR count). The molecule has 21 heavy (non-hydrogen) atoms. The second-order valence-electron chi connectivity index (χ2n) is 4.69. The Morgan fingerprint density at radius 1 is 1.05 bits per heavy atom. The second kappa shape index (κ2) is 6.24. The Balaban J connectivity index is 1.98. The van der Waals surface area contributed by atoms with Gasteiger partial charge in [0.15, 0.2) is 3.95 Å². The van der Waals surface area contributed by atoms with E-state index in [9.17, 15) is 0 Å². The predicted octanol–water partition coefficient (Wildman–Crippen LogP) is 5.00. The standard InChI is InChI=1S/C17H15NOS2/c1-19-15-9-7-14(8-10-15)16-12-21-17(20)18(16)11-13-5-3-2-4-6-13/h2-10,12H,11H2,1H3. The molecular weight excluding hydrogens is 298 g/mol. The van der Waals surface area contributed by atoms with Gasteiger partial charge in [-0.3, -0.25) is 0 Å². The summed E-state index contributed by atoms with van der Waals surface area (Å²) in [4.78, 5) is 0. The summed E-state index contributed by atoms with van der Waals surface area (Å²) in [6, 6.07) is 18.5. The van der Waals surface area contributed by atoms with Crippen LogP contribution in [0.1, 0.15) is 5.56 Å². The van der Waals surface area contributed by atoms with Crippen LogP contribution in [0.3, 0.4) is 0 Å². The normalized spacial score (nSPS) is 10.5. The van der Waals surface area contributed by atoms with Crippen molar-refractivity contribution in [2.75, 3.05) is 7.11 Å². The van der Waals surface area contributed by atoms with E-state index in [4.69, 9.17) is 17.0 Å². The van der Waals surface area contributed by atoms with Crippen molar-refractivity contribution in [3.63, 3.8) is 0 Å². The molecule has 106 valence electrons. The monoisotopic (exact) mass is 313 g/mol. The van der Waals surface area contributed by atoms with Crippen LogP contribution in [0.4, 0.5) is 0 Å². The van der Waals surface area contributed by atoms with Crippen LogP contribution in [-0.4, -0.2) is 11.7 Å². The molecule has 0 saturated carbocycles. The fourth-order valence-corrected chi connectivity index (χ4v) is 3.31. The first-order chi connectivity index (χ1) is 10.3. The zero-order valence-corrected chi connectivity index (χ0v) is 13.3. The lowest BCUT2D eigenvalue weighted by Gasteiger charge is -2.09. The van der Waals surface area contributed by atoms with Crippen LogP contribution in [0.15, 0.2) is 60.0 Å². The minimum absolute atomic E-state index is 0.796. The maximum Gasteiger partial charge on any atom is 0.161 e. The van der Waals surface area contributed by atoms with E-state index in [1.54, 1.807) is 18.4 Å². The van der Waals surface area contributed by atoms with Gasteiger partial charge in [0.2, 0.25) is 0 Å². The maximum atomic E-state index is 5.48. The topological polar surface area (TPSA) is 14.2 Å². The molecule has 3 aromatic rings. The zero-order valence-electron chi connectivity index (χ0n) is 11.7. The molecule has 0 bridgehead atoms. The van der Waals surface area contributed by atoms with Gasteiger partial charge in [-0.15, -0.1) is 11.3 Å². The molecule has 1 aromatic heterocycles. The highest BCUT2D eigenvalue weighted by Crippen LogP contribution is 2.26. The number of nitrogens with zero attached hydrogens (tertiary/aromatic N) is 1. The van der Waals surface area contributed by atoms with E-state index in [-0.39, 0.29) is 0 Å². The number of methoxy groups -OCH3 is 1. The van der Waals surface area contributed by atoms with Crippen LogP contribution < -0.4 is 4.74 Å². The Bertz CT molecular complexity index is 773. The number of benzene rings is 2. The molecule has 1 heterocycles. The first-order valence-electron chi connectivity index (χ1n) is 6.64. The van der Waals surface area contributed by atoms with Crippen molar-refractivity contribution < 1.29 is 4.74 Å². The van der Waals surface area contributed by atoms with Crippen LogP contribution in [0.25, 0.3) is 11.3 Å².